The second-order valence-electron chi connectivity index (χ2n) is 4.91. The molecule has 1 saturated heterocycles. The van der Waals surface area contributed by atoms with E-state index >= 15 is 0 Å². The topological polar surface area (TPSA) is 43.0 Å². The number of hydrogen-bond acceptors (Lipinski definition) is 5. The molecule has 0 bridgehead atoms. The van der Waals surface area contributed by atoms with Crippen LogP contribution in [0.3, 0.4) is 0 Å². The van der Waals surface area contributed by atoms with Crippen molar-refractivity contribution in [1.82, 2.24) is 5.32 Å². The Bertz CT molecular complexity index is 433. The summed E-state index contributed by atoms with van der Waals surface area (Å²) in [6.45, 7) is 4.77. The fraction of sp³-hybridized carbons (Fsp3) is 0.571. The number of anilines is 1. The summed E-state index contributed by atoms with van der Waals surface area (Å²) in [5, 5.41) is 3.35. The van der Waals surface area contributed by atoms with Crippen molar-refractivity contribution in [1.29, 1.82) is 0 Å². The minimum absolute atomic E-state index is 0.243. The third-order valence-corrected chi connectivity index (χ3v) is 3.45. The summed E-state index contributed by atoms with van der Waals surface area (Å²) in [5.41, 5.74) is 1.12. The van der Waals surface area contributed by atoms with Crippen LogP contribution < -0.4 is 19.7 Å². The highest BCUT2D eigenvalue weighted by molar-refractivity contribution is 5.56. The van der Waals surface area contributed by atoms with Crippen LogP contribution in [0.4, 0.5) is 5.69 Å². The molecule has 0 saturated carbocycles. The van der Waals surface area contributed by atoms with Crippen LogP contribution in [-0.2, 0) is 4.74 Å². The zero-order valence-electron chi connectivity index (χ0n) is 11.2. The maximum Gasteiger partial charge on any atom is 0.163 e. The molecule has 19 heavy (non-hydrogen) atoms. The number of fused-ring (bicyclic) bond motifs is 1. The summed E-state index contributed by atoms with van der Waals surface area (Å²) in [6.07, 6.45) is 0.243. The lowest BCUT2D eigenvalue weighted by atomic mass is 10.2. The van der Waals surface area contributed by atoms with Crippen LogP contribution in [-0.4, -0.2) is 52.6 Å². The molecule has 1 unspecified atom stereocenters. The lowest BCUT2D eigenvalue weighted by Gasteiger charge is -2.29. The lowest BCUT2D eigenvalue weighted by molar-refractivity contribution is 0.0340. The zero-order chi connectivity index (χ0) is 13.1. The molecule has 0 amide bonds. The maximum absolute atomic E-state index is 5.72. The van der Waals surface area contributed by atoms with Crippen LogP contribution >= 0.6 is 0 Å². The molecule has 0 aromatic heterocycles. The average molecular weight is 264 g/mol. The van der Waals surface area contributed by atoms with Gasteiger partial charge in [-0.15, -0.1) is 0 Å². The first-order valence-corrected chi connectivity index (χ1v) is 6.76. The summed E-state index contributed by atoms with van der Waals surface area (Å²) in [5.74, 6) is 1.66. The molecule has 2 heterocycles. The first kappa shape index (κ1) is 12.6. The van der Waals surface area contributed by atoms with Crippen LogP contribution in [0, 0.1) is 0 Å². The molecule has 5 heteroatoms. The van der Waals surface area contributed by atoms with Crippen molar-refractivity contribution in [2.24, 2.45) is 0 Å². The van der Waals surface area contributed by atoms with Crippen LogP contribution in [0.25, 0.3) is 0 Å². The molecule has 0 radical (unpaired) electrons. The third-order valence-electron chi connectivity index (χ3n) is 3.45. The number of morpholine rings is 1. The quantitative estimate of drug-likeness (QED) is 0.878. The Kier molecular flexibility index (Phi) is 3.75. The summed E-state index contributed by atoms with van der Waals surface area (Å²) in [6, 6.07) is 6.06. The monoisotopic (exact) mass is 264 g/mol. The van der Waals surface area contributed by atoms with Crippen molar-refractivity contribution >= 4 is 5.69 Å². The lowest BCUT2D eigenvalue weighted by Crippen LogP contribution is -2.44. The van der Waals surface area contributed by atoms with E-state index in [0.29, 0.717) is 13.2 Å². The van der Waals surface area contributed by atoms with E-state index < -0.39 is 0 Å². The molecule has 2 aliphatic rings. The molecule has 1 atom stereocenters. The Balaban J connectivity index is 1.67. The number of nitrogens with one attached hydrogen (secondary N) is 1. The molecule has 0 spiro atoms. The first-order chi connectivity index (χ1) is 9.33. The number of likely N-dealkylation sites (N-methyl/N-ethyl adjacent to an activating group) is 1. The summed E-state index contributed by atoms with van der Waals surface area (Å²) >= 11 is 0. The van der Waals surface area contributed by atoms with Gasteiger partial charge in [0.25, 0.3) is 0 Å². The minimum atomic E-state index is 0.243. The van der Waals surface area contributed by atoms with Crippen LogP contribution in [0.2, 0.25) is 0 Å². The molecular weight excluding hydrogens is 244 g/mol. The van der Waals surface area contributed by atoms with Crippen LogP contribution in [0.15, 0.2) is 18.2 Å². The number of hydrogen-bond donors (Lipinski definition) is 1. The Morgan fingerprint density at radius 1 is 1.21 bits per heavy atom. The Morgan fingerprint density at radius 3 is 2.84 bits per heavy atom. The van der Waals surface area contributed by atoms with Gasteiger partial charge >= 0.3 is 0 Å². The van der Waals surface area contributed by atoms with Gasteiger partial charge in [-0.3, -0.25) is 0 Å². The number of benzene rings is 1. The van der Waals surface area contributed by atoms with E-state index in [-0.39, 0.29) is 6.10 Å². The fourth-order valence-electron chi connectivity index (χ4n) is 2.42. The van der Waals surface area contributed by atoms with E-state index in [0.717, 1.165) is 43.4 Å². The largest absolute Gasteiger partial charge is 0.486 e. The predicted octanol–water partition coefficient (Wildman–Crippen LogP) is 0.882. The van der Waals surface area contributed by atoms with Crippen molar-refractivity contribution in [3.63, 3.8) is 0 Å². The van der Waals surface area contributed by atoms with E-state index in [1.54, 1.807) is 0 Å². The van der Waals surface area contributed by atoms with Crippen LogP contribution in [0.5, 0.6) is 11.5 Å². The summed E-state index contributed by atoms with van der Waals surface area (Å²) in [7, 11) is 2.07. The van der Waals surface area contributed by atoms with Crippen molar-refractivity contribution in [2.45, 2.75) is 6.10 Å². The van der Waals surface area contributed by atoms with Gasteiger partial charge in [-0.25, -0.2) is 0 Å². The molecule has 1 N–H and O–H groups in total. The van der Waals surface area contributed by atoms with E-state index in [9.17, 15) is 0 Å². The number of nitrogens with zero attached hydrogens (tertiary/aromatic N) is 1. The minimum Gasteiger partial charge on any atom is -0.486 e. The SMILES string of the molecule is CN(CC1CNCCO1)c1ccc2c(c1)OCCO2. The summed E-state index contributed by atoms with van der Waals surface area (Å²) in [4.78, 5) is 2.19. The number of rotatable bonds is 3. The Hall–Kier alpha value is -1.46. The highest BCUT2D eigenvalue weighted by atomic mass is 16.6. The molecule has 1 aromatic carbocycles. The van der Waals surface area contributed by atoms with Crippen molar-refractivity contribution < 1.29 is 14.2 Å². The van der Waals surface area contributed by atoms with Crippen LogP contribution in [0.1, 0.15) is 0 Å². The smallest absolute Gasteiger partial charge is 0.163 e. The molecule has 2 aliphatic heterocycles. The number of ether oxygens (including phenoxy) is 3. The van der Waals surface area contributed by atoms with Gasteiger partial charge in [0.1, 0.15) is 13.2 Å². The Labute approximate surface area is 113 Å². The van der Waals surface area contributed by atoms with Gasteiger partial charge in [0.05, 0.1) is 12.7 Å². The second kappa shape index (κ2) is 5.67. The van der Waals surface area contributed by atoms with Crippen molar-refractivity contribution in [2.75, 3.05) is 51.4 Å². The van der Waals surface area contributed by atoms with Crippen molar-refractivity contribution in [3.05, 3.63) is 18.2 Å². The van der Waals surface area contributed by atoms with Gasteiger partial charge in [-0.05, 0) is 12.1 Å². The van der Waals surface area contributed by atoms with E-state index in [4.69, 9.17) is 14.2 Å². The molecular formula is C14H20N2O3. The first-order valence-electron chi connectivity index (χ1n) is 6.76. The van der Waals surface area contributed by atoms with Gasteiger partial charge in [0.15, 0.2) is 11.5 Å². The van der Waals surface area contributed by atoms with Gasteiger partial charge in [0.2, 0.25) is 0 Å². The summed E-state index contributed by atoms with van der Waals surface area (Å²) < 4.78 is 16.9. The molecule has 1 fully saturated rings. The van der Waals surface area contributed by atoms with Gasteiger partial charge < -0.3 is 24.4 Å². The molecule has 104 valence electrons. The molecule has 5 nitrogen and oxygen atoms in total. The maximum atomic E-state index is 5.72. The molecule has 1 aromatic rings. The third kappa shape index (κ3) is 2.93. The highest BCUT2D eigenvalue weighted by Gasteiger charge is 2.18. The van der Waals surface area contributed by atoms with Gasteiger partial charge in [-0.1, -0.05) is 0 Å². The fourth-order valence-corrected chi connectivity index (χ4v) is 2.42. The standard InChI is InChI=1S/C14H20N2O3/c1-16(10-12-9-15-4-5-17-12)11-2-3-13-14(8-11)19-7-6-18-13/h2-3,8,12,15H,4-7,9-10H2,1H3. The van der Waals surface area contributed by atoms with E-state index in [2.05, 4.69) is 23.3 Å². The van der Waals surface area contributed by atoms with Crippen molar-refractivity contribution in [3.8, 4) is 11.5 Å². The highest BCUT2D eigenvalue weighted by Crippen LogP contribution is 2.33. The second-order valence-corrected chi connectivity index (χ2v) is 4.91. The normalized spacial score (nSPS) is 22.1. The molecule has 0 aliphatic carbocycles. The van der Waals surface area contributed by atoms with Gasteiger partial charge in [-0.2, -0.15) is 0 Å². The average Bonchev–Trinajstić information content (AvgIpc) is 2.48. The van der Waals surface area contributed by atoms with Gasteiger partial charge in [0, 0.05) is 38.4 Å². The predicted molar refractivity (Wildman–Crippen MR) is 73.3 cm³/mol. The zero-order valence-corrected chi connectivity index (χ0v) is 11.2. The molecule has 3 rings (SSSR count). The van der Waals surface area contributed by atoms with E-state index in [1.165, 1.54) is 0 Å². The van der Waals surface area contributed by atoms with E-state index in [1.807, 2.05) is 12.1 Å². The Morgan fingerprint density at radius 2 is 2.05 bits per heavy atom.